The molecule has 2 aromatic carbocycles. The van der Waals surface area contributed by atoms with Crippen LogP contribution < -0.4 is 10.6 Å². The van der Waals surface area contributed by atoms with Gasteiger partial charge in [0.1, 0.15) is 0 Å². The Bertz CT molecular complexity index is 656. The van der Waals surface area contributed by atoms with E-state index >= 15 is 0 Å². The summed E-state index contributed by atoms with van der Waals surface area (Å²) in [5.41, 5.74) is 1.88. The molecule has 4 nitrogen and oxygen atoms in total. The minimum Gasteiger partial charge on any atom is -0.352 e. The van der Waals surface area contributed by atoms with E-state index in [4.69, 9.17) is 11.6 Å². The van der Waals surface area contributed by atoms with Crippen molar-refractivity contribution in [1.29, 1.82) is 0 Å². The molecule has 2 aromatic rings. The third-order valence-corrected chi connectivity index (χ3v) is 3.62. The van der Waals surface area contributed by atoms with E-state index in [1.54, 1.807) is 12.1 Å². The number of carbonyl (C=O) groups excluding carboxylic acids is 2. The van der Waals surface area contributed by atoms with Crippen LogP contribution in [0.5, 0.6) is 0 Å². The monoisotopic (exact) mass is 330 g/mol. The first-order valence-corrected chi connectivity index (χ1v) is 7.75. The van der Waals surface area contributed by atoms with Crippen LogP contribution in [0.25, 0.3) is 0 Å². The van der Waals surface area contributed by atoms with Crippen LogP contribution in [0.3, 0.4) is 0 Å². The zero-order chi connectivity index (χ0) is 16.7. The van der Waals surface area contributed by atoms with Crippen molar-refractivity contribution in [2.24, 2.45) is 0 Å². The molecule has 0 saturated heterocycles. The summed E-state index contributed by atoms with van der Waals surface area (Å²) in [4.78, 5) is 23.5. The Morgan fingerprint density at radius 3 is 2.30 bits per heavy atom. The van der Waals surface area contributed by atoms with Gasteiger partial charge in [0.15, 0.2) is 0 Å². The van der Waals surface area contributed by atoms with Crippen molar-refractivity contribution in [1.82, 2.24) is 10.6 Å². The van der Waals surface area contributed by atoms with Gasteiger partial charge in [-0.15, -0.1) is 0 Å². The Labute approximate surface area is 140 Å². The fourth-order valence-electron chi connectivity index (χ4n) is 2.24. The fourth-order valence-corrected chi connectivity index (χ4v) is 2.37. The number of carbonyl (C=O) groups is 2. The molecule has 23 heavy (non-hydrogen) atoms. The molecule has 0 aliphatic carbocycles. The van der Waals surface area contributed by atoms with Crippen molar-refractivity contribution < 1.29 is 9.59 Å². The molecular formula is C18H19ClN2O2. The molecule has 0 radical (unpaired) electrons. The van der Waals surface area contributed by atoms with Crippen molar-refractivity contribution in [2.75, 3.05) is 0 Å². The Morgan fingerprint density at radius 2 is 1.70 bits per heavy atom. The molecule has 5 heteroatoms. The summed E-state index contributed by atoms with van der Waals surface area (Å²) in [7, 11) is 0. The van der Waals surface area contributed by atoms with Gasteiger partial charge in [0.25, 0.3) is 0 Å². The topological polar surface area (TPSA) is 58.2 Å². The quantitative estimate of drug-likeness (QED) is 0.854. The van der Waals surface area contributed by atoms with Gasteiger partial charge in [-0.25, -0.2) is 0 Å². The smallest absolute Gasteiger partial charge is 0.222 e. The zero-order valence-corrected chi connectivity index (χ0v) is 13.6. The average Bonchev–Trinajstić information content (AvgIpc) is 2.54. The van der Waals surface area contributed by atoms with E-state index in [2.05, 4.69) is 10.6 Å². The summed E-state index contributed by atoms with van der Waals surface area (Å²) in [5.74, 6) is -0.285. The van der Waals surface area contributed by atoms with E-state index in [-0.39, 0.29) is 24.3 Å². The molecule has 0 aliphatic heterocycles. The standard InChI is InChI=1S/C18H19ClN2O2/c1-13(22)21-17(15-5-3-2-4-6-15)11-18(23)20-12-14-7-9-16(19)10-8-14/h2-10,17H,11-12H2,1H3,(H,20,23)(H,21,22)/t17-/m1/s1. The van der Waals surface area contributed by atoms with Crippen molar-refractivity contribution in [2.45, 2.75) is 25.9 Å². The largest absolute Gasteiger partial charge is 0.352 e. The molecule has 0 unspecified atom stereocenters. The van der Waals surface area contributed by atoms with Gasteiger partial charge in [-0.1, -0.05) is 54.1 Å². The molecule has 1 atom stereocenters. The summed E-state index contributed by atoms with van der Waals surface area (Å²) in [6.07, 6.45) is 0.192. The molecule has 0 fully saturated rings. The van der Waals surface area contributed by atoms with Crippen molar-refractivity contribution in [3.05, 3.63) is 70.7 Å². The van der Waals surface area contributed by atoms with E-state index in [1.807, 2.05) is 42.5 Å². The number of halogens is 1. The lowest BCUT2D eigenvalue weighted by atomic mass is 10.0. The van der Waals surface area contributed by atoms with Gasteiger partial charge in [0.05, 0.1) is 12.5 Å². The number of nitrogens with one attached hydrogen (secondary N) is 2. The van der Waals surface area contributed by atoms with Crippen LogP contribution in [0, 0.1) is 0 Å². The molecule has 2 amide bonds. The highest BCUT2D eigenvalue weighted by atomic mass is 35.5. The summed E-state index contributed by atoms with van der Waals surface area (Å²) in [5, 5.41) is 6.34. The maximum absolute atomic E-state index is 12.2. The minimum absolute atomic E-state index is 0.123. The van der Waals surface area contributed by atoms with Gasteiger partial charge in [0, 0.05) is 18.5 Å². The van der Waals surface area contributed by atoms with E-state index in [9.17, 15) is 9.59 Å². The zero-order valence-electron chi connectivity index (χ0n) is 12.9. The number of hydrogen-bond acceptors (Lipinski definition) is 2. The lowest BCUT2D eigenvalue weighted by molar-refractivity contribution is -0.122. The van der Waals surface area contributed by atoms with Crippen molar-refractivity contribution >= 4 is 23.4 Å². The first-order valence-electron chi connectivity index (χ1n) is 7.38. The van der Waals surface area contributed by atoms with Crippen LogP contribution in [0.1, 0.15) is 30.5 Å². The predicted molar refractivity (Wildman–Crippen MR) is 90.9 cm³/mol. The highest BCUT2D eigenvalue weighted by molar-refractivity contribution is 6.30. The van der Waals surface area contributed by atoms with E-state index < -0.39 is 0 Å². The molecule has 120 valence electrons. The highest BCUT2D eigenvalue weighted by Crippen LogP contribution is 2.16. The van der Waals surface area contributed by atoms with Crippen LogP contribution >= 0.6 is 11.6 Å². The second kappa shape index (κ2) is 8.34. The lowest BCUT2D eigenvalue weighted by Gasteiger charge is -2.18. The number of benzene rings is 2. The normalized spacial score (nSPS) is 11.6. The molecule has 0 heterocycles. The van der Waals surface area contributed by atoms with Gasteiger partial charge in [-0.3, -0.25) is 9.59 Å². The molecule has 2 N–H and O–H groups in total. The van der Waals surface area contributed by atoms with Gasteiger partial charge in [-0.05, 0) is 23.3 Å². The number of rotatable bonds is 6. The van der Waals surface area contributed by atoms with E-state index in [0.717, 1.165) is 11.1 Å². The Morgan fingerprint density at radius 1 is 1.04 bits per heavy atom. The summed E-state index contributed by atoms with van der Waals surface area (Å²) in [6, 6.07) is 16.4. The predicted octanol–water partition coefficient (Wildman–Crippen LogP) is 3.22. The number of hydrogen-bond donors (Lipinski definition) is 2. The van der Waals surface area contributed by atoms with Gasteiger partial charge in [-0.2, -0.15) is 0 Å². The first kappa shape index (κ1) is 17.0. The van der Waals surface area contributed by atoms with Crippen LogP contribution in [0.4, 0.5) is 0 Å². The molecule has 0 saturated carbocycles. The van der Waals surface area contributed by atoms with Crippen LogP contribution in [0.2, 0.25) is 5.02 Å². The Balaban J connectivity index is 1.94. The second-order valence-corrected chi connectivity index (χ2v) is 5.71. The van der Waals surface area contributed by atoms with Crippen molar-refractivity contribution in [3.8, 4) is 0 Å². The van der Waals surface area contributed by atoms with Crippen molar-refractivity contribution in [3.63, 3.8) is 0 Å². The molecule has 0 aliphatic rings. The third-order valence-electron chi connectivity index (χ3n) is 3.37. The highest BCUT2D eigenvalue weighted by Gasteiger charge is 2.16. The maximum Gasteiger partial charge on any atom is 0.222 e. The van der Waals surface area contributed by atoms with Gasteiger partial charge in [0.2, 0.25) is 11.8 Å². The molecule has 2 rings (SSSR count). The lowest BCUT2D eigenvalue weighted by Crippen LogP contribution is -2.32. The fraction of sp³-hybridized carbons (Fsp3) is 0.222. The van der Waals surface area contributed by atoms with Crippen LogP contribution in [-0.4, -0.2) is 11.8 Å². The van der Waals surface area contributed by atoms with Crippen LogP contribution in [-0.2, 0) is 16.1 Å². The maximum atomic E-state index is 12.2. The van der Waals surface area contributed by atoms with Gasteiger partial charge >= 0.3 is 0 Å². The summed E-state index contributed by atoms with van der Waals surface area (Å²) >= 11 is 5.83. The summed E-state index contributed by atoms with van der Waals surface area (Å²) < 4.78 is 0. The first-order chi connectivity index (χ1) is 11.0. The Hall–Kier alpha value is -2.33. The van der Waals surface area contributed by atoms with Crippen LogP contribution in [0.15, 0.2) is 54.6 Å². The summed E-state index contributed by atoms with van der Waals surface area (Å²) in [6.45, 7) is 1.87. The Kier molecular flexibility index (Phi) is 6.18. The van der Waals surface area contributed by atoms with E-state index in [0.29, 0.717) is 11.6 Å². The number of amides is 2. The third kappa shape index (κ3) is 5.75. The molecular weight excluding hydrogens is 312 g/mol. The van der Waals surface area contributed by atoms with Gasteiger partial charge < -0.3 is 10.6 Å². The SMILES string of the molecule is CC(=O)N[C@H](CC(=O)NCc1ccc(Cl)cc1)c1ccccc1. The molecule has 0 spiro atoms. The second-order valence-electron chi connectivity index (χ2n) is 5.27. The van der Waals surface area contributed by atoms with E-state index in [1.165, 1.54) is 6.92 Å². The molecule has 0 aromatic heterocycles. The minimum atomic E-state index is -0.334. The molecule has 0 bridgehead atoms. The average molecular weight is 331 g/mol.